The Morgan fingerprint density at radius 3 is 1.76 bits per heavy atom. The van der Waals surface area contributed by atoms with Gasteiger partial charge in [-0.1, -0.05) is 121 Å². The van der Waals surface area contributed by atoms with Gasteiger partial charge in [-0.2, -0.15) is 11.8 Å². The molecule has 1 aliphatic rings. The number of benzene rings is 7. The maximum atomic E-state index is 6.41. The molecule has 0 atom stereocenters. The van der Waals surface area contributed by atoms with E-state index in [9.17, 15) is 0 Å². The Labute approximate surface area is 273 Å². The van der Waals surface area contributed by atoms with Crippen molar-refractivity contribution in [3.05, 3.63) is 169 Å². The van der Waals surface area contributed by atoms with Crippen molar-refractivity contribution in [2.24, 2.45) is 0 Å². The molecule has 1 aromatic heterocycles. The van der Waals surface area contributed by atoms with Crippen molar-refractivity contribution in [2.45, 2.75) is 11.5 Å². The van der Waals surface area contributed by atoms with E-state index < -0.39 is 0 Å². The molecule has 218 valence electrons. The number of hydrogen-bond donors (Lipinski definition) is 0. The van der Waals surface area contributed by atoms with Crippen molar-refractivity contribution in [1.82, 2.24) is 0 Å². The minimum Gasteiger partial charge on any atom is -0.455 e. The number of rotatable bonds is 4. The predicted molar refractivity (Wildman–Crippen MR) is 196 cm³/mol. The van der Waals surface area contributed by atoms with Gasteiger partial charge in [0.05, 0.1) is 0 Å². The smallest absolute Gasteiger partial charge is 0.143 e. The SMILES string of the molecule is c1ccc(-c2cc(-c3ccccc3)cc(-c3ccc4c(c3)-c3ccc(-c5cccc6c5oc5ccccc56)cc3CSC4)c2)cc1. The summed E-state index contributed by atoms with van der Waals surface area (Å²) in [4.78, 5) is 0. The van der Waals surface area contributed by atoms with E-state index in [4.69, 9.17) is 4.42 Å². The summed E-state index contributed by atoms with van der Waals surface area (Å²) in [7, 11) is 0. The van der Waals surface area contributed by atoms with Crippen LogP contribution in [0, 0.1) is 0 Å². The fraction of sp³-hybridized carbons (Fsp3) is 0.0455. The minimum absolute atomic E-state index is 0.934. The highest BCUT2D eigenvalue weighted by Gasteiger charge is 2.19. The van der Waals surface area contributed by atoms with Crippen LogP contribution in [0.15, 0.2) is 162 Å². The maximum Gasteiger partial charge on any atom is 0.143 e. The van der Waals surface area contributed by atoms with Crippen LogP contribution in [-0.2, 0) is 11.5 Å². The molecule has 0 spiro atoms. The lowest BCUT2D eigenvalue weighted by Crippen LogP contribution is -1.92. The van der Waals surface area contributed by atoms with E-state index >= 15 is 0 Å². The standard InChI is InChI=1S/C44H30OS/c1-3-10-29(11-4-1)34-23-35(30-12-5-2-6-13-30)25-36(24-34)31-18-19-33-27-46-28-37-22-32(20-21-38(37)42(33)26-31)39-15-9-16-41-40-14-7-8-17-43(40)45-44(39)41/h1-26H,27-28H2. The average molecular weight is 607 g/mol. The second-order valence-electron chi connectivity index (χ2n) is 12.0. The van der Waals surface area contributed by atoms with E-state index in [1.165, 1.54) is 66.6 Å². The number of hydrogen-bond acceptors (Lipinski definition) is 2. The Balaban J connectivity index is 1.17. The molecule has 9 rings (SSSR count). The number of fused-ring (bicyclic) bond motifs is 6. The van der Waals surface area contributed by atoms with E-state index in [-0.39, 0.29) is 0 Å². The Kier molecular flexibility index (Phi) is 6.61. The first-order valence-electron chi connectivity index (χ1n) is 15.8. The molecule has 0 amide bonds. The van der Waals surface area contributed by atoms with Gasteiger partial charge in [-0.3, -0.25) is 0 Å². The van der Waals surface area contributed by atoms with E-state index in [0.717, 1.165) is 33.6 Å². The highest BCUT2D eigenvalue weighted by atomic mass is 32.2. The van der Waals surface area contributed by atoms with Crippen LogP contribution in [0.2, 0.25) is 0 Å². The monoisotopic (exact) mass is 606 g/mol. The van der Waals surface area contributed by atoms with Crippen molar-refractivity contribution in [3.63, 3.8) is 0 Å². The van der Waals surface area contributed by atoms with Gasteiger partial charge in [0.1, 0.15) is 11.2 Å². The third kappa shape index (κ3) is 4.74. The molecular weight excluding hydrogens is 577 g/mol. The molecule has 1 aliphatic heterocycles. The van der Waals surface area contributed by atoms with Gasteiger partial charge in [0.2, 0.25) is 0 Å². The Morgan fingerprint density at radius 2 is 1.00 bits per heavy atom. The van der Waals surface area contributed by atoms with Crippen LogP contribution < -0.4 is 0 Å². The number of para-hydroxylation sites is 2. The Hall–Kier alpha value is -5.31. The zero-order valence-corrected chi connectivity index (χ0v) is 26.1. The molecule has 0 saturated carbocycles. The minimum atomic E-state index is 0.934. The van der Waals surface area contributed by atoms with Crippen LogP contribution >= 0.6 is 11.8 Å². The molecule has 0 bridgehead atoms. The second kappa shape index (κ2) is 11.2. The molecule has 46 heavy (non-hydrogen) atoms. The quantitative estimate of drug-likeness (QED) is 0.198. The number of furan rings is 1. The van der Waals surface area contributed by atoms with Crippen LogP contribution in [0.4, 0.5) is 0 Å². The summed E-state index contributed by atoms with van der Waals surface area (Å²) in [6.07, 6.45) is 0. The maximum absolute atomic E-state index is 6.41. The molecule has 1 nitrogen and oxygen atoms in total. The summed E-state index contributed by atoms with van der Waals surface area (Å²) < 4.78 is 6.41. The highest BCUT2D eigenvalue weighted by Crippen LogP contribution is 2.43. The van der Waals surface area contributed by atoms with Crippen LogP contribution in [0.25, 0.3) is 77.6 Å². The summed E-state index contributed by atoms with van der Waals surface area (Å²) in [5, 5.41) is 2.33. The van der Waals surface area contributed by atoms with Gasteiger partial charge in [-0.05, 0) is 97.6 Å². The van der Waals surface area contributed by atoms with Crippen LogP contribution in [0.3, 0.4) is 0 Å². The summed E-state index contributed by atoms with van der Waals surface area (Å²) in [6.45, 7) is 0. The number of thioether (sulfide) groups is 1. The second-order valence-corrected chi connectivity index (χ2v) is 13.0. The summed E-state index contributed by atoms with van der Waals surface area (Å²) in [5.74, 6) is 1.98. The molecule has 8 aromatic rings. The molecule has 0 radical (unpaired) electrons. The van der Waals surface area contributed by atoms with E-state index in [1.807, 2.05) is 17.8 Å². The van der Waals surface area contributed by atoms with Gasteiger partial charge in [-0.25, -0.2) is 0 Å². The van der Waals surface area contributed by atoms with E-state index in [1.54, 1.807) is 0 Å². The van der Waals surface area contributed by atoms with Crippen molar-refractivity contribution in [3.8, 4) is 55.6 Å². The van der Waals surface area contributed by atoms with Gasteiger partial charge in [-0.15, -0.1) is 0 Å². The van der Waals surface area contributed by atoms with Gasteiger partial charge >= 0.3 is 0 Å². The fourth-order valence-electron chi connectivity index (χ4n) is 6.91. The summed E-state index contributed by atoms with van der Waals surface area (Å²) in [5.41, 5.74) is 17.0. The molecular formula is C44H30OS. The molecule has 0 aliphatic carbocycles. The van der Waals surface area contributed by atoms with E-state index in [2.05, 4.69) is 152 Å². The van der Waals surface area contributed by atoms with E-state index in [0.29, 0.717) is 0 Å². The molecule has 0 unspecified atom stereocenters. The van der Waals surface area contributed by atoms with Crippen molar-refractivity contribution >= 4 is 33.7 Å². The largest absolute Gasteiger partial charge is 0.455 e. The van der Waals surface area contributed by atoms with Gasteiger partial charge in [0.25, 0.3) is 0 Å². The molecule has 2 heteroatoms. The molecule has 0 N–H and O–H groups in total. The highest BCUT2D eigenvalue weighted by molar-refractivity contribution is 7.97. The van der Waals surface area contributed by atoms with Crippen LogP contribution in [0.5, 0.6) is 0 Å². The topological polar surface area (TPSA) is 13.1 Å². The first kappa shape index (κ1) is 27.0. The normalized spacial score (nSPS) is 12.5. The lowest BCUT2D eigenvalue weighted by atomic mass is 9.89. The Morgan fingerprint density at radius 1 is 0.370 bits per heavy atom. The zero-order chi connectivity index (χ0) is 30.5. The summed E-state index contributed by atoms with van der Waals surface area (Å²) in [6, 6.07) is 57.3. The first-order valence-corrected chi connectivity index (χ1v) is 16.9. The van der Waals surface area contributed by atoms with Crippen LogP contribution in [-0.4, -0.2) is 0 Å². The van der Waals surface area contributed by atoms with Gasteiger partial charge in [0, 0.05) is 27.8 Å². The third-order valence-corrected chi connectivity index (χ3v) is 10.2. The van der Waals surface area contributed by atoms with Crippen molar-refractivity contribution in [2.75, 3.05) is 0 Å². The zero-order valence-electron chi connectivity index (χ0n) is 25.2. The summed E-state index contributed by atoms with van der Waals surface area (Å²) >= 11 is 1.99. The average Bonchev–Trinajstić information content (AvgIpc) is 3.41. The fourth-order valence-corrected chi connectivity index (χ4v) is 7.94. The van der Waals surface area contributed by atoms with Crippen molar-refractivity contribution < 1.29 is 4.42 Å². The van der Waals surface area contributed by atoms with Crippen molar-refractivity contribution in [1.29, 1.82) is 0 Å². The molecule has 7 aromatic carbocycles. The Bertz CT molecular complexity index is 2330. The van der Waals surface area contributed by atoms with Gasteiger partial charge in [0.15, 0.2) is 0 Å². The molecule has 0 saturated heterocycles. The molecule has 2 heterocycles. The van der Waals surface area contributed by atoms with Crippen LogP contribution in [0.1, 0.15) is 11.1 Å². The lowest BCUT2D eigenvalue weighted by Gasteiger charge is -2.15. The third-order valence-electron chi connectivity index (χ3n) is 9.22. The predicted octanol–water partition coefficient (Wildman–Crippen LogP) is 12.7. The lowest BCUT2D eigenvalue weighted by molar-refractivity contribution is 0.670. The van der Waals surface area contributed by atoms with Gasteiger partial charge < -0.3 is 4.42 Å². The first-order chi connectivity index (χ1) is 22.8. The molecule has 0 fully saturated rings.